The SMILES string of the molecule is C=C(Nc1cncc(-c2ncc3[nH]nc(-c4nc5ccncc5[nH]4)c3c2F)c1)C(C)C. The largest absolute Gasteiger partial charge is 0.358 e. The van der Waals surface area contributed by atoms with Crippen LogP contribution < -0.4 is 5.32 Å². The molecule has 5 aromatic heterocycles. The zero-order chi connectivity index (χ0) is 21.5. The molecule has 0 spiro atoms. The van der Waals surface area contributed by atoms with Crippen molar-refractivity contribution < 1.29 is 4.39 Å². The molecule has 154 valence electrons. The maximum Gasteiger partial charge on any atom is 0.161 e. The summed E-state index contributed by atoms with van der Waals surface area (Å²) in [5.74, 6) is 0.205. The standard InChI is InChI=1S/C22H19FN8/c1-11(2)12(3)27-14-6-13(7-25-8-14)20-19(23)18-17(10-26-20)30-31-21(18)22-28-15-4-5-24-9-16(15)29-22/h4-11,27H,3H2,1-2H3,(H,28,29)(H,30,31). The average molecular weight is 414 g/mol. The van der Waals surface area contributed by atoms with Crippen molar-refractivity contribution in [2.45, 2.75) is 13.8 Å². The number of allylic oxidation sites excluding steroid dienone is 1. The van der Waals surface area contributed by atoms with Gasteiger partial charge in [0.1, 0.15) is 11.4 Å². The van der Waals surface area contributed by atoms with E-state index in [4.69, 9.17) is 0 Å². The fraction of sp³-hybridized carbons (Fsp3) is 0.136. The van der Waals surface area contributed by atoms with Gasteiger partial charge in [-0.05, 0) is 18.1 Å². The van der Waals surface area contributed by atoms with E-state index in [0.717, 1.165) is 22.4 Å². The van der Waals surface area contributed by atoms with Crippen molar-refractivity contribution in [2.75, 3.05) is 5.32 Å². The second-order valence-electron chi connectivity index (χ2n) is 7.53. The molecule has 0 fully saturated rings. The molecule has 5 heterocycles. The molecular formula is C22H19FN8. The smallest absolute Gasteiger partial charge is 0.161 e. The molecule has 5 aromatic rings. The Balaban J connectivity index is 1.61. The lowest BCUT2D eigenvalue weighted by Gasteiger charge is -2.13. The first-order valence-corrected chi connectivity index (χ1v) is 9.75. The predicted molar refractivity (Wildman–Crippen MR) is 118 cm³/mol. The van der Waals surface area contributed by atoms with E-state index in [1.807, 2.05) is 13.8 Å². The van der Waals surface area contributed by atoms with E-state index in [1.165, 1.54) is 0 Å². The fourth-order valence-electron chi connectivity index (χ4n) is 3.28. The van der Waals surface area contributed by atoms with Crippen LogP contribution in [0.1, 0.15) is 13.8 Å². The lowest BCUT2D eigenvalue weighted by Crippen LogP contribution is -2.05. The number of pyridine rings is 3. The average Bonchev–Trinajstić information content (AvgIpc) is 3.38. The summed E-state index contributed by atoms with van der Waals surface area (Å²) in [7, 11) is 0. The molecule has 0 aliphatic carbocycles. The minimum Gasteiger partial charge on any atom is -0.358 e. The summed E-state index contributed by atoms with van der Waals surface area (Å²) < 4.78 is 15.7. The Morgan fingerprint density at radius 3 is 2.77 bits per heavy atom. The van der Waals surface area contributed by atoms with Gasteiger partial charge in [-0.15, -0.1) is 0 Å². The summed E-state index contributed by atoms with van der Waals surface area (Å²) in [5, 5.41) is 10.6. The van der Waals surface area contributed by atoms with Gasteiger partial charge in [0.25, 0.3) is 0 Å². The van der Waals surface area contributed by atoms with Crippen LogP contribution in [0.5, 0.6) is 0 Å². The Labute approximate surface area is 176 Å². The molecular weight excluding hydrogens is 395 g/mol. The van der Waals surface area contributed by atoms with Crippen molar-refractivity contribution in [3.8, 4) is 22.8 Å². The molecule has 5 rings (SSSR count). The van der Waals surface area contributed by atoms with E-state index in [-0.39, 0.29) is 11.6 Å². The monoisotopic (exact) mass is 414 g/mol. The molecule has 8 nitrogen and oxygen atoms in total. The molecule has 0 unspecified atom stereocenters. The molecule has 0 atom stereocenters. The number of anilines is 1. The van der Waals surface area contributed by atoms with Crippen molar-refractivity contribution in [1.82, 2.24) is 35.1 Å². The summed E-state index contributed by atoms with van der Waals surface area (Å²) in [6.07, 6.45) is 8.12. The molecule has 0 amide bonds. The maximum absolute atomic E-state index is 15.7. The molecule has 0 bridgehead atoms. The number of halogens is 1. The lowest BCUT2D eigenvalue weighted by molar-refractivity contribution is 0.638. The summed E-state index contributed by atoms with van der Waals surface area (Å²) in [4.78, 5) is 20.3. The van der Waals surface area contributed by atoms with E-state index >= 15 is 4.39 Å². The van der Waals surface area contributed by atoms with E-state index in [0.29, 0.717) is 28.0 Å². The predicted octanol–water partition coefficient (Wildman–Crippen LogP) is 4.68. The zero-order valence-corrected chi connectivity index (χ0v) is 16.9. The third-order valence-corrected chi connectivity index (χ3v) is 5.07. The van der Waals surface area contributed by atoms with Crippen LogP contribution in [0.4, 0.5) is 10.1 Å². The maximum atomic E-state index is 15.7. The van der Waals surface area contributed by atoms with Crippen LogP contribution in [-0.4, -0.2) is 35.1 Å². The van der Waals surface area contributed by atoms with Gasteiger partial charge in [0.2, 0.25) is 0 Å². The summed E-state index contributed by atoms with van der Waals surface area (Å²) in [5.41, 5.74) is 4.61. The first-order chi connectivity index (χ1) is 15.0. The van der Waals surface area contributed by atoms with Crippen LogP contribution in [0.25, 0.3) is 44.7 Å². The van der Waals surface area contributed by atoms with Crippen LogP contribution in [0.15, 0.2) is 55.4 Å². The number of fused-ring (bicyclic) bond motifs is 2. The van der Waals surface area contributed by atoms with Crippen molar-refractivity contribution in [1.29, 1.82) is 0 Å². The van der Waals surface area contributed by atoms with Gasteiger partial charge in [0.05, 0.1) is 46.2 Å². The van der Waals surface area contributed by atoms with Gasteiger partial charge in [-0.25, -0.2) is 9.37 Å². The minimum atomic E-state index is -0.499. The summed E-state index contributed by atoms with van der Waals surface area (Å²) >= 11 is 0. The van der Waals surface area contributed by atoms with Gasteiger partial charge in [0.15, 0.2) is 11.6 Å². The molecule has 0 aliphatic rings. The van der Waals surface area contributed by atoms with Gasteiger partial charge in [0, 0.05) is 23.7 Å². The molecule has 0 saturated heterocycles. The first-order valence-electron chi connectivity index (χ1n) is 9.75. The Kier molecular flexibility index (Phi) is 4.43. The van der Waals surface area contributed by atoms with Crippen LogP contribution in [0, 0.1) is 11.7 Å². The number of imidazole rings is 1. The van der Waals surface area contributed by atoms with Gasteiger partial charge < -0.3 is 10.3 Å². The number of hydrogen-bond acceptors (Lipinski definition) is 6. The van der Waals surface area contributed by atoms with Crippen LogP contribution in [0.3, 0.4) is 0 Å². The molecule has 0 saturated carbocycles. The second-order valence-corrected chi connectivity index (χ2v) is 7.53. The number of rotatable bonds is 5. The number of aromatic nitrogens is 7. The zero-order valence-electron chi connectivity index (χ0n) is 16.9. The molecule has 31 heavy (non-hydrogen) atoms. The highest BCUT2D eigenvalue weighted by Gasteiger charge is 2.20. The highest BCUT2D eigenvalue weighted by atomic mass is 19.1. The second kappa shape index (κ2) is 7.28. The highest BCUT2D eigenvalue weighted by molar-refractivity contribution is 5.95. The quantitative estimate of drug-likeness (QED) is 0.385. The number of aromatic amines is 2. The Morgan fingerprint density at radius 2 is 1.97 bits per heavy atom. The Hall–Kier alpha value is -4.14. The van der Waals surface area contributed by atoms with Crippen molar-refractivity contribution in [2.24, 2.45) is 5.92 Å². The number of nitrogens with zero attached hydrogens (tertiary/aromatic N) is 5. The van der Waals surface area contributed by atoms with Crippen LogP contribution in [0.2, 0.25) is 0 Å². The first kappa shape index (κ1) is 18.9. The Morgan fingerprint density at radius 1 is 1.10 bits per heavy atom. The normalized spacial score (nSPS) is 11.5. The van der Waals surface area contributed by atoms with Gasteiger partial charge in [-0.3, -0.25) is 20.1 Å². The molecule has 0 radical (unpaired) electrons. The third kappa shape index (κ3) is 3.29. The van der Waals surface area contributed by atoms with Crippen molar-refractivity contribution in [3.05, 3.63) is 61.2 Å². The van der Waals surface area contributed by atoms with E-state index in [1.54, 1.807) is 43.1 Å². The van der Waals surface area contributed by atoms with E-state index in [9.17, 15) is 0 Å². The van der Waals surface area contributed by atoms with E-state index in [2.05, 4.69) is 47.0 Å². The molecule has 0 aliphatic heterocycles. The van der Waals surface area contributed by atoms with Crippen LogP contribution in [-0.2, 0) is 0 Å². The number of hydrogen-bond donors (Lipinski definition) is 3. The van der Waals surface area contributed by atoms with Gasteiger partial charge in [-0.2, -0.15) is 5.10 Å². The highest BCUT2D eigenvalue weighted by Crippen LogP contribution is 2.32. The minimum absolute atomic E-state index is 0.180. The fourth-order valence-corrected chi connectivity index (χ4v) is 3.28. The summed E-state index contributed by atoms with van der Waals surface area (Å²) in [6, 6.07) is 3.58. The summed E-state index contributed by atoms with van der Waals surface area (Å²) in [6.45, 7) is 8.09. The molecule has 9 heteroatoms. The lowest BCUT2D eigenvalue weighted by atomic mass is 10.1. The number of H-pyrrole nitrogens is 2. The topological polar surface area (TPSA) is 108 Å². The molecule has 3 N–H and O–H groups in total. The third-order valence-electron chi connectivity index (χ3n) is 5.07. The van der Waals surface area contributed by atoms with Gasteiger partial charge >= 0.3 is 0 Å². The van der Waals surface area contributed by atoms with Crippen molar-refractivity contribution in [3.63, 3.8) is 0 Å². The van der Waals surface area contributed by atoms with Crippen LogP contribution >= 0.6 is 0 Å². The van der Waals surface area contributed by atoms with Gasteiger partial charge in [-0.1, -0.05) is 20.4 Å². The van der Waals surface area contributed by atoms with E-state index < -0.39 is 5.82 Å². The molecule has 0 aromatic carbocycles. The van der Waals surface area contributed by atoms with Crippen molar-refractivity contribution >= 4 is 27.6 Å². The Bertz CT molecular complexity index is 1400. The number of nitrogens with one attached hydrogen (secondary N) is 3.